The molecular weight excluding hydrogens is 258 g/mol. The van der Waals surface area contributed by atoms with E-state index in [2.05, 4.69) is 63.7 Å². The van der Waals surface area contributed by atoms with Gasteiger partial charge in [0.1, 0.15) is 0 Å². The van der Waals surface area contributed by atoms with Crippen molar-refractivity contribution < 1.29 is 0 Å². The van der Waals surface area contributed by atoms with Crippen molar-refractivity contribution in [2.75, 3.05) is 33.2 Å². The lowest BCUT2D eigenvalue weighted by Crippen LogP contribution is -2.60. The predicted molar refractivity (Wildman–Crippen MR) is 93.9 cm³/mol. The third-order valence-electron chi connectivity index (χ3n) is 5.14. The Labute approximate surface area is 133 Å². The van der Waals surface area contributed by atoms with Crippen LogP contribution >= 0.6 is 0 Å². The van der Waals surface area contributed by atoms with Gasteiger partial charge in [-0.1, -0.05) is 27.7 Å². The zero-order chi connectivity index (χ0) is 16.0. The first-order chi connectivity index (χ1) is 9.75. The molecule has 1 N–H and O–H groups in total. The van der Waals surface area contributed by atoms with Gasteiger partial charge in [0.25, 0.3) is 0 Å². The first-order valence-electron chi connectivity index (χ1n) is 8.93. The summed E-state index contributed by atoms with van der Waals surface area (Å²) < 4.78 is 0. The Morgan fingerprint density at radius 2 is 1.90 bits per heavy atom. The number of unbranched alkanes of at least 4 members (excludes halogenated alkanes) is 1. The van der Waals surface area contributed by atoms with Gasteiger partial charge in [0, 0.05) is 31.2 Å². The van der Waals surface area contributed by atoms with Crippen molar-refractivity contribution in [1.29, 1.82) is 0 Å². The highest BCUT2D eigenvalue weighted by Gasteiger charge is 2.32. The van der Waals surface area contributed by atoms with Crippen LogP contribution in [0.2, 0.25) is 0 Å². The van der Waals surface area contributed by atoms with Crippen LogP contribution in [0.15, 0.2) is 0 Å². The summed E-state index contributed by atoms with van der Waals surface area (Å²) in [6, 6.07) is 2.02. The zero-order valence-corrected chi connectivity index (χ0v) is 15.6. The van der Waals surface area contributed by atoms with Crippen molar-refractivity contribution in [3.05, 3.63) is 0 Å². The molecule has 0 aliphatic carbocycles. The molecule has 0 radical (unpaired) electrons. The molecule has 0 aromatic heterocycles. The molecule has 0 spiro atoms. The van der Waals surface area contributed by atoms with E-state index < -0.39 is 0 Å². The van der Waals surface area contributed by atoms with Crippen LogP contribution < -0.4 is 5.32 Å². The van der Waals surface area contributed by atoms with Gasteiger partial charge in [-0.15, -0.1) is 0 Å². The minimum Gasteiger partial charge on any atom is -0.311 e. The molecule has 0 amide bonds. The second kappa shape index (κ2) is 8.50. The number of hydrogen-bond acceptors (Lipinski definition) is 3. The number of rotatable bonds is 7. The fraction of sp³-hybridized carbons (Fsp3) is 1.00. The first-order valence-corrected chi connectivity index (χ1v) is 8.93. The maximum absolute atomic E-state index is 3.76. The van der Waals surface area contributed by atoms with Gasteiger partial charge in [-0.3, -0.25) is 4.90 Å². The van der Waals surface area contributed by atoms with Crippen LogP contribution in [0.4, 0.5) is 0 Å². The van der Waals surface area contributed by atoms with Crippen LogP contribution in [-0.2, 0) is 0 Å². The molecule has 1 rings (SSSR count). The molecule has 2 unspecified atom stereocenters. The average Bonchev–Trinajstić information content (AvgIpc) is 2.41. The molecule has 0 bridgehead atoms. The van der Waals surface area contributed by atoms with Crippen LogP contribution in [-0.4, -0.2) is 61.2 Å². The van der Waals surface area contributed by atoms with Crippen LogP contribution in [0, 0.1) is 5.41 Å². The summed E-state index contributed by atoms with van der Waals surface area (Å²) >= 11 is 0. The molecule has 21 heavy (non-hydrogen) atoms. The monoisotopic (exact) mass is 297 g/mol. The SMILES string of the molecule is CCC1CNC(C(C)(C)C)CN1CCCCN(C)C(C)C. The predicted octanol–water partition coefficient (Wildman–Crippen LogP) is 3.21. The Kier molecular flexibility index (Phi) is 7.66. The molecule has 1 aliphatic rings. The second-order valence-electron chi connectivity index (χ2n) is 8.17. The normalized spacial score (nSPS) is 25.0. The standard InChI is InChI=1S/C18H39N3/c1-8-16-13-19-17(18(4,5)6)14-21(16)12-10-9-11-20(7)15(2)3/h15-17,19H,8-14H2,1-7H3. The fourth-order valence-corrected chi connectivity index (χ4v) is 3.05. The molecule has 1 aliphatic heterocycles. The van der Waals surface area contributed by atoms with E-state index in [1.54, 1.807) is 0 Å². The van der Waals surface area contributed by atoms with E-state index in [1.165, 1.54) is 38.9 Å². The molecule has 1 saturated heterocycles. The third-order valence-corrected chi connectivity index (χ3v) is 5.14. The molecule has 0 aromatic carbocycles. The summed E-state index contributed by atoms with van der Waals surface area (Å²) in [6.45, 7) is 18.8. The van der Waals surface area contributed by atoms with E-state index >= 15 is 0 Å². The van der Waals surface area contributed by atoms with Crippen molar-refractivity contribution in [2.24, 2.45) is 5.41 Å². The van der Waals surface area contributed by atoms with Crippen molar-refractivity contribution >= 4 is 0 Å². The van der Waals surface area contributed by atoms with Crippen molar-refractivity contribution in [3.63, 3.8) is 0 Å². The van der Waals surface area contributed by atoms with Gasteiger partial charge in [0.15, 0.2) is 0 Å². The van der Waals surface area contributed by atoms with Gasteiger partial charge in [-0.05, 0) is 58.7 Å². The summed E-state index contributed by atoms with van der Waals surface area (Å²) in [4.78, 5) is 5.19. The average molecular weight is 298 g/mol. The Balaban J connectivity index is 2.39. The van der Waals surface area contributed by atoms with Crippen molar-refractivity contribution in [1.82, 2.24) is 15.1 Å². The van der Waals surface area contributed by atoms with Gasteiger partial charge < -0.3 is 10.2 Å². The van der Waals surface area contributed by atoms with Gasteiger partial charge in [0.05, 0.1) is 0 Å². The number of nitrogens with one attached hydrogen (secondary N) is 1. The topological polar surface area (TPSA) is 18.5 Å². The summed E-state index contributed by atoms with van der Waals surface area (Å²) in [5.74, 6) is 0. The fourth-order valence-electron chi connectivity index (χ4n) is 3.05. The molecule has 1 heterocycles. The van der Waals surface area contributed by atoms with Gasteiger partial charge in [0.2, 0.25) is 0 Å². The van der Waals surface area contributed by atoms with Crippen LogP contribution in [0.1, 0.15) is 60.8 Å². The van der Waals surface area contributed by atoms with Crippen molar-refractivity contribution in [3.8, 4) is 0 Å². The number of piperazine rings is 1. The first kappa shape index (κ1) is 18.9. The lowest BCUT2D eigenvalue weighted by molar-refractivity contribution is 0.0812. The summed E-state index contributed by atoms with van der Waals surface area (Å²) in [6.07, 6.45) is 3.90. The molecule has 126 valence electrons. The lowest BCUT2D eigenvalue weighted by atomic mass is 9.84. The van der Waals surface area contributed by atoms with Gasteiger partial charge >= 0.3 is 0 Å². The van der Waals surface area contributed by atoms with Crippen LogP contribution in [0.3, 0.4) is 0 Å². The summed E-state index contributed by atoms with van der Waals surface area (Å²) in [5, 5.41) is 3.76. The Morgan fingerprint density at radius 3 is 2.43 bits per heavy atom. The maximum atomic E-state index is 3.76. The Bertz CT molecular complexity index is 283. The van der Waals surface area contributed by atoms with Crippen LogP contribution in [0.5, 0.6) is 0 Å². The maximum Gasteiger partial charge on any atom is 0.0244 e. The van der Waals surface area contributed by atoms with E-state index in [1.807, 2.05) is 0 Å². The smallest absolute Gasteiger partial charge is 0.0244 e. The third kappa shape index (κ3) is 6.25. The zero-order valence-electron chi connectivity index (χ0n) is 15.6. The molecule has 3 heteroatoms. The highest BCUT2D eigenvalue weighted by Crippen LogP contribution is 2.24. The van der Waals surface area contributed by atoms with Gasteiger partial charge in [-0.2, -0.15) is 0 Å². The Hall–Kier alpha value is -0.120. The summed E-state index contributed by atoms with van der Waals surface area (Å²) in [7, 11) is 2.24. The molecule has 3 nitrogen and oxygen atoms in total. The Morgan fingerprint density at radius 1 is 1.24 bits per heavy atom. The molecule has 0 saturated carbocycles. The van der Waals surface area contributed by atoms with Crippen LogP contribution in [0.25, 0.3) is 0 Å². The highest BCUT2D eigenvalue weighted by molar-refractivity contribution is 4.91. The molecule has 1 fully saturated rings. The molecule has 0 aromatic rings. The minimum atomic E-state index is 0.356. The lowest BCUT2D eigenvalue weighted by Gasteiger charge is -2.45. The molecular formula is C18H39N3. The molecule has 2 atom stereocenters. The minimum absolute atomic E-state index is 0.356. The quantitative estimate of drug-likeness (QED) is 0.728. The summed E-state index contributed by atoms with van der Waals surface area (Å²) in [5.41, 5.74) is 0.356. The highest BCUT2D eigenvalue weighted by atomic mass is 15.2. The van der Waals surface area contributed by atoms with E-state index in [-0.39, 0.29) is 0 Å². The van der Waals surface area contributed by atoms with Gasteiger partial charge in [-0.25, -0.2) is 0 Å². The number of hydrogen-bond donors (Lipinski definition) is 1. The van der Waals surface area contributed by atoms with E-state index in [0.29, 0.717) is 17.5 Å². The number of nitrogens with zero attached hydrogens (tertiary/aromatic N) is 2. The largest absolute Gasteiger partial charge is 0.311 e. The van der Waals surface area contributed by atoms with E-state index in [4.69, 9.17) is 0 Å². The second-order valence-corrected chi connectivity index (χ2v) is 8.17. The van der Waals surface area contributed by atoms with E-state index in [0.717, 1.165) is 12.6 Å². The van der Waals surface area contributed by atoms with Crippen molar-refractivity contribution in [2.45, 2.75) is 78.9 Å². The van der Waals surface area contributed by atoms with E-state index in [9.17, 15) is 0 Å².